The van der Waals surface area contributed by atoms with E-state index in [1.165, 1.54) is 22.9 Å². The van der Waals surface area contributed by atoms with Gasteiger partial charge in [0.05, 0.1) is 12.2 Å². The van der Waals surface area contributed by atoms with Crippen LogP contribution in [-0.4, -0.2) is 47.7 Å². The highest BCUT2D eigenvalue weighted by Gasteiger charge is 2.28. The highest BCUT2D eigenvalue weighted by atomic mass is 32.2. The molecule has 0 atom stereocenters. The van der Waals surface area contributed by atoms with Gasteiger partial charge in [-0.15, -0.1) is 0 Å². The average molecular weight is 491 g/mol. The number of alkyl carbamates (subject to hydrolysis) is 1. The number of benzene rings is 3. The Kier molecular flexibility index (Phi) is 8.05. The number of anilines is 1. The number of carboxylic acid groups (broad SMARTS) is 1. The second kappa shape index (κ2) is 11.6. The van der Waals surface area contributed by atoms with E-state index in [0.29, 0.717) is 23.5 Å². The molecule has 0 radical (unpaired) electrons. The number of ether oxygens (including phenoxy) is 1. The zero-order valence-electron chi connectivity index (χ0n) is 19.0. The maximum absolute atomic E-state index is 12.2. The Bertz CT molecular complexity index is 1180. The minimum absolute atomic E-state index is 0.0141. The van der Waals surface area contributed by atoms with E-state index in [-0.39, 0.29) is 30.6 Å². The molecule has 0 fully saturated rings. The molecule has 1 aliphatic rings. The Morgan fingerprint density at radius 2 is 1.60 bits per heavy atom. The lowest BCUT2D eigenvalue weighted by molar-refractivity contribution is -0.136. The number of carboxylic acids is 1. The molecular weight excluding hydrogens is 464 g/mol. The van der Waals surface area contributed by atoms with Crippen LogP contribution in [0.4, 0.5) is 10.5 Å². The third-order valence-corrected chi connectivity index (χ3v) is 6.62. The SMILES string of the molecule is O=C(O)Cc1cccc(NC(=O)CSCCNC(=O)OCC2c3ccccc3-c3ccccc32)c1. The zero-order valence-corrected chi connectivity index (χ0v) is 19.8. The standard InChI is InChI=1S/C27H26N2O5S/c30-25(29-19-7-5-6-18(14-19)15-26(31)32)17-35-13-12-28-27(33)34-16-24-22-10-3-1-8-20(22)21-9-2-4-11-23(21)24/h1-11,14,24H,12-13,15-17H2,(H,28,33)(H,29,30)(H,31,32). The zero-order chi connectivity index (χ0) is 24.6. The summed E-state index contributed by atoms with van der Waals surface area (Å²) in [6.45, 7) is 0.638. The minimum atomic E-state index is -0.923. The minimum Gasteiger partial charge on any atom is -0.481 e. The Balaban J connectivity index is 1.16. The van der Waals surface area contributed by atoms with Gasteiger partial charge < -0.3 is 20.5 Å². The summed E-state index contributed by atoms with van der Waals surface area (Å²) in [7, 11) is 0. The predicted octanol–water partition coefficient (Wildman–Crippen LogP) is 4.52. The summed E-state index contributed by atoms with van der Waals surface area (Å²) in [5, 5.41) is 14.4. The van der Waals surface area contributed by atoms with Gasteiger partial charge in [-0.1, -0.05) is 60.7 Å². The van der Waals surface area contributed by atoms with Crippen molar-refractivity contribution in [3.05, 3.63) is 89.5 Å². The summed E-state index contributed by atoms with van der Waals surface area (Å²) in [6, 6.07) is 23.1. The van der Waals surface area contributed by atoms with Gasteiger partial charge in [-0.3, -0.25) is 9.59 Å². The van der Waals surface area contributed by atoms with Gasteiger partial charge in [0.2, 0.25) is 5.91 Å². The van der Waals surface area contributed by atoms with Crippen molar-refractivity contribution in [3.63, 3.8) is 0 Å². The number of hydrogen-bond donors (Lipinski definition) is 3. The van der Waals surface area contributed by atoms with Crippen LogP contribution in [0, 0.1) is 0 Å². The number of hydrogen-bond acceptors (Lipinski definition) is 5. The molecule has 1 aliphatic carbocycles. The van der Waals surface area contributed by atoms with Crippen LogP contribution < -0.4 is 10.6 Å². The van der Waals surface area contributed by atoms with Gasteiger partial charge in [0.25, 0.3) is 0 Å². The number of thioether (sulfide) groups is 1. The number of aliphatic carboxylic acids is 1. The van der Waals surface area contributed by atoms with Crippen molar-refractivity contribution in [3.8, 4) is 11.1 Å². The van der Waals surface area contributed by atoms with Crippen LogP contribution in [-0.2, 0) is 20.7 Å². The first kappa shape index (κ1) is 24.3. The lowest BCUT2D eigenvalue weighted by Crippen LogP contribution is -2.28. The second-order valence-electron chi connectivity index (χ2n) is 8.12. The van der Waals surface area contributed by atoms with Crippen LogP contribution in [0.5, 0.6) is 0 Å². The first-order chi connectivity index (χ1) is 17.0. The van der Waals surface area contributed by atoms with Crippen LogP contribution in [0.3, 0.4) is 0 Å². The number of amides is 2. The van der Waals surface area contributed by atoms with Gasteiger partial charge in [-0.2, -0.15) is 11.8 Å². The lowest BCUT2D eigenvalue weighted by atomic mass is 9.98. The summed E-state index contributed by atoms with van der Waals surface area (Å²) < 4.78 is 5.50. The van der Waals surface area contributed by atoms with Crippen molar-refractivity contribution in [2.24, 2.45) is 0 Å². The molecular formula is C27H26N2O5S. The largest absolute Gasteiger partial charge is 0.481 e. The van der Waals surface area contributed by atoms with Crippen LogP contribution >= 0.6 is 11.8 Å². The van der Waals surface area contributed by atoms with E-state index in [1.54, 1.807) is 24.3 Å². The highest BCUT2D eigenvalue weighted by Crippen LogP contribution is 2.44. The first-order valence-corrected chi connectivity index (χ1v) is 12.4. The topological polar surface area (TPSA) is 105 Å². The van der Waals surface area contributed by atoms with Gasteiger partial charge in [0.1, 0.15) is 6.61 Å². The molecule has 7 nitrogen and oxygen atoms in total. The molecule has 3 aromatic rings. The Morgan fingerprint density at radius 1 is 0.914 bits per heavy atom. The maximum Gasteiger partial charge on any atom is 0.407 e. The van der Waals surface area contributed by atoms with Crippen molar-refractivity contribution in [2.75, 3.05) is 30.0 Å². The molecule has 0 spiro atoms. The van der Waals surface area contributed by atoms with E-state index in [2.05, 4.69) is 34.9 Å². The van der Waals surface area contributed by atoms with Crippen LogP contribution in [0.25, 0.3) is 11.1 Å². The highest BCUT2D eigenvalue weighted by molar-refractivity contribution is 7.99. The number of carbonyl (C=O) groups excluding carboxylic acids is 2. The molecule has 0 aliphatic heterocycles. The molecule has 180 valence electrons. The van der Waals surface area contributed by atoms with E-state index < -0.39 is 12.1 Å². The van der Waals surface area contributed by atoms with E-state index in [0.717, 1.165) is 11.1 Å². The first-order valence-electron chi connectivity index (χ1n) is 11.3. The van der Waals surface area contributed by atoms with Crippen LogP contribution in [0.2, 0.25) is 0 Å². The Hall–Kier alpha value is -3.78. The number of nitrogens with one attached hydrogen (secondary N) is 2. The molecule has 8 heteroatoms. The Labute approximate surface area is 207 Å². The third-order valence-electron chi connectivity index (χ3n) is 5.66. The van der Waals surface area contributed by atoms with E-state index in [9.17, 15) is 14.4 Å². The van der Waals surface area contributed by atoms with Gasteiger partial charge in [-0.25, -0.2) is 4.79 Å². The summed E-state index contributed by atoms with van der Waals surface area (Å²) in [5.41, 5.74) is 5.87. The fourth-order valence-corrected chi connectivity index (χ4v) is 4.82. The number of rotatable bonds is 10. The molecule has 3 N–H and O–H groups in total. The van der Waals surface area contributed by atoms with Crippen molar-refractivity contribution in [1.29, 1.82) is 0 Å². The van der Waals surface area contributed by atoms with E-state index in [4.69, 9.17) is 9.84 Å². The van der Waals surface area contributed by atoms with Crippen LogP contribution in [0.1, 0.15) is 22.6 Å². The molecule has 0 bridgehead atoms. The smallest absolute Gasteiger partial charge is 0.407 e. The van der Waals surface area contributed by atoms with Crippen molar-refractivity contribution in [1.82, 2.24) is 5.32 Å². The van der Waals surface area contributed by atoms with E-state index >= 15 is 0 Å². The molecule has 2 amide bonds. The summed E-state index contributed by atoms with van der Waals surface area (Å²) in [5.74, 6) is -0.330. The fourth-order valence-electron chi connectivity index (χ4n) is 4.17. The molecule has 0 saturated heterocycles. The predicted molar refractivity (Wildman–Crippen MR) is 137 cm³/mol. The fraction of sp³-hybridized carbons (Fsp3) is 0.222. The summed E-state index contributed by atoms with van der Waals surface area (Å²) in [6.07, 6.45) is -0.577. The number of carbonyl (C=O) groups is 3. The molecule has 0 aromatic heterocycles. The normalized spacial score (nSPS) is 11.9. The van der Waals surface area contributed by atoms with Gasteiger partial charge >= 0.3 is 12.1 Å². The third kappa shape index (κ3) is 6.42. The van der Waals surface area contributed by atoms with Crippen molar-refractivity contribution >= 4 is 35.4 Å². The summed E-state index contributed by atoms with van der Waals surface area (Å²) >= 11 is 1.39. The van der Waals surface area contributed by atoms with Gasteiger partial charge in [0, 0.05) is 23.9 Å². The average Bonchev–Trinajstić information content (AvgIpc) is 3.16. The molecule has 0 unspecified atom stereocenters. The lowest BCUT2D eigenvalue weighted by Gasteiger charge is -2.14. The van der Waals surface area contributed by atoms with Crippen molar-refractivity contribution < 1.29 is 24.2 Å². The molecule has 0 saturated carbocycles. The summed E-state index contributed by atoms with van der Waals surface area (Å²) in [4.78, 5) is 35.2. The molecule has 3 aromatic carbocycles. The maximum atomic E-state index is 12.2. The number of fused-ring (bicyclic) bond motifs is 3. The second-order valence-corrected chi connectivity index (χ2v) is 9.23. The van der Waals surface area contributed by atoms with E-state index in [1.807, 2.05) is 24.3 Å². The van der Waals surface area contributed by atoms with Crippen LogP contribution in [0.15, 0.2) is 72.8 Å². The monoisotopic (exact) mass is 490 g/mol. The molecule has 4 rings (SSSR count). The molecule has 35 heavy (non-hydrogen) atoms. The molecule has 0 heterocycles. The quantitative estimate of drug-likeness (QED) is 0.361. The van der Waals surface area contributed by atoms with Crippen molar-refractivity contribution in [2.45, 2.75) is 12.3 Å². The van der Waals surface area contributed by atoms with Gasteiger partial charge in [0.15, 0.2) is 0 Å². The van der Waals surface area contributed by atoms with Gasteiger partial charge in [-0.05, 0) is 39.9 Å². The Morgan fingerprint density at radius 3 is 2.29 bits per heavy atom.